The lowest BCUT2D eigenvalue weighted by Crippen LogP contribution is -2.31. The first-order chi connectivity index (χ1) is 7.26. The molecule has 0 amide bonds. The van der Waals surface area contributed by atoms with Crippen LogP contribution < -0.4 is 4.74 Å². The third-order valence-electron chi connectivity index (χ3n) is 3.74. The van der Waals surface area contributed by atoms with Gasteiger partial charge in [0.2, 0.25) is 0 Å². The molecular weight excluding hydrogens is 196 g/mol. The third-order valence-corrected chi connectivity index (χ3v) is 3.74. The maximum Gasteiger partial charge on any atom is 0.180 e. The van der Waals surface area contributed by atoms with Gasteiger partial charge in [-0.2, -0.15) is 0 Å². The summed E-state index contributed by atoms with van der Waals surface area (Å²) in [5.74, 6) is 0.706. The average Bonchev–Trinajstić information content (AvgIpc) is 2.16. The van der Waals surface area contributed by atoms with Gasteiger partial charge < -0.3 is 4.74 Å². The van der Waals surface area contributed by atoms with Gasteiger partial charge in [0.05, 0.1) is 0 Å². The molecule has 1 aromatic carbocycles. The highest BCUT2D eigenvalue weighted by atomic mass is 16.5. The third kappa shape index (κ3) is 3.01. The van der Waals surface area contributed by atoms with E-state index in [2.05, 4.69) is 51.5 Å². The first kappa shape index (κ1) is 13.1. The maximum absolute atomic E-state index is 5.10. The molecule has 0 N–H and O–H groups in total. The van der Waals surface area contributed by atoms with Crippen LogP contribution in [0.1, 0.15) is 40.2 Å². The van der Waals surface area contributed by atoms with Gasteiger partial charge in [0.15, 0.2) is 7.11 Å². The Morgan fingerprint density at radius 2 is 1.50 bits per heavy atom. The summed E-state index contributed by atoms with van der Waals surface area (Å²) >= 11 is 0. The molecule has 1 rings (SSSR count). The summed E-state index contributed by atoms with van der Waals surface area (Å²) in [5, 5.41) is 0. The molecule has 0 aliphatic rings. The highest BCUT2D eigenvalue weighted by molar-refractivity contribution is 5.28. The summed E-state index contributed by atoms with van der Waals surface area (Å²) in [4.78, 5) is 0. The van der Waals surface area contributed by atoms with Crippen molar-refractivity contribution in [1.29, 1.82) is 0 Å². The van der Waals surface area contributed by atoms with E-state index in [1.165, 1.54) is 5.56 Å². The highest BCUT2D eigenvalue weighted by Gasteiger charge is 2.32. The largest absolute Gasteiger partial charge is 0.482 e. The zero-order chi connectivity index (χ0) is 12.4. The number of benzene rings is 1. The molecule has 1 nitrogen and oxygen atoms in total. The summed E-state index contributed by atoms with van der Waals surface area (Å²) in [6.07, 6.45) is 1.06. The molecule has 0 atom stereocenters. The Hall–Kier alpha value is -0.980. The lowest BCUT2D eigenvalue weighted by atomic mass is 9.66. The van der Waals surface area contributed by atoms with Crippen molar-refractivity contribution in [2.24, 2.45) is 10.8 Å². The fourth-order valence-corrected chi connectivity index (χ4v) is 1.46. The molecule has 16 heavy (non-hydrogen) atoms. The van der Waals surface area contributed by atoms with Gasteiger partial charge in [-0.3, -0.25) is 0 Å². The minimum atomic E-state index is 0.262. The first-order valence-corrected chi connectivity index (χ1v) is 5.72. The predicted octanol–water partition coefficient (Wildman–Crippen LogP) is 4.35. The van der Waals surface area contributed by atoms with Gasteiger partial charge in [0.1, 0.15) is 5.75 Å². The standard InChI is InChI=1S/C15H22O/c1-14(2,3)15(4,5)11-12-7-9-13(16-6)10-8-12/h6-10H,11H2,1-5H3. The van der Waals surface area contributed by atoms with E-state index in [4.69, 9.17) is 7.11 Å². The Morgan fingerprint density at radius 1 is 1.00 bits per heavy atom. The van der Waals surface area contributed by atoms with Crippen molar-refractivity contribution in [2.45, 2.75) is 41.0 Å². The molecule has 0 aliphatic heterocycles. The second kappa shape index (κ2) is 4.48. The molecule has 0 spiro atoms. The van der Waals surface area contributed by atoms with E-state index in [0.29, 0.717) is 5.75 Å². The SMILES string of the molecule is [CH]Oc1ccc(CC(C)(C)C(C)(C)C)cc1. The first-order valence-electron chi connectivity index (χ1n) is 5.72. The molecule has 0 unspecified atom stereocenters. The molecule has 0 heterocycles. The predicted molar refractivity (Wildman–Crippen MR) is 68.3 cm³/mol. The monoisotopic (exact) mass is 218 g/mol. The van der Waals surface area contributed by atoms with Crippen LogP contribution in [-0.4, -0.2) is 0 Å². The fourth-order valence-electron chi connectivity index (χ4n) is 1.46. The van der Waals surface area contributed by atoms with E-state index in [-0.39, 0.29) is 10.8 Å². The van der Waals surface area contributed by atoms with Crippen molar-refractivity contribution in [2.75, 3.05) is 0 Å². The van der Waals surface area contributed by atoms with Crippen LogP contribution in [0.25, 0.3) is 0 Å². The van der Waals surface area contributed by atoms with Crippen LogP contribution in [0, 0.1) is 17.9 Å². The molecule has 0 fully saturated rings. The number of ether oxygens (including phenoxy) is 1. The Kier molecular flexibility index (Phi) is 3.67. The number of hydrogen-bond donors (Lipinski definition) is 0. The van der Waals surface area contributed by atoms with Gasteiger partial charge in [-0.15, -0.1) is 0 Å². The van der Waals surface area contributed by atoms with Crippen LogP contribution in [0.3, 0.4) is 0 Å². The molecule has 1 heteroatoms. The van der Waals surface area contributed by atoms with Crippen molar-refractivity contribution in [1.82, 2.24) is 0 Å². The van der Waals surface area contributed by atoms with E-state index < -0.39 is 0 Å². The number of hydrogen-bond acceptors (Lipinski definition) is 1. The molecule has 0 bridgehead atoms. The van der Waals surface area contributed by atoms with Crippen molar-refractivity contribution in [3.8, 4) is 5.75 Å². The van der Waals surface area contributed by atoms with Gasteiger partial charge in [-0.1, -0.05) is 46.8 Å². The molecule has 0 saturated heterocycles. The van der Waals surface area contributed by atoms with Crippen LogP contribution in [-0.2, 0) is 6.42 Å². The lowest BCUT2D eigenvalue weighted by molar-refractivity contribution is 0.132. The van der Waals surface area contributed by atoms with Gasteiger partial charge >= 0.3 is 0 Å². The molecule has 0 aromatic heterocycles. The lowest BCUT2D eigenvalue weighted by Gasteiger charge is -2.39. The second-order valence-corrected chi connectivity index (χ2v) is 6.07. The Bertz CT molecular complexity index is 327. The summed E-state index contributed by atoms with van der Waals surface area (Å²) in [7, 11) is 5.10. The van der Waals surface area contributed by atoms with Crippen LogP contribution in [0.5, 0.6) is 5.75 Å². The average molecular weight is 218 g/mol. The van der Waals surface area contributed by atoms with Gasteiger partial charge in [0, 0.05) is 0 Å². The molecule has 2 radical (unpaired) electrons. The van der Waals surface area contributed by atoms with E-state index >= 15 is 0 Å². The van der Waals surface area contributed by atoms with Crippen LogP contribution in [0.4, 0.5) is 0 Å². The van der Waals surface area contributed by atoms with Crippen LogP contribution in [0.2, 0.25) is 0 Å². The van der Waals surface area contributed by atoms with Gasteiger partial charge in [-0.05, 0) is 34.9 Å². The second-order valence-electron chi connectivity index (χ2n) is 6.07. The molecule has 0 aliphatic carbocycles. The van der Waals surface area contributed by atoms with Crippen molar-refractivity contribution in [3.05, 3.63) is 36.9 Å². The summed E-state index contributed by atoms with van der Waals surface area (Å²) in [6, 6.07) is 7.98. The highest BCUT2D eigenvalue weighted by Crippen LogP contribution is 2.40. The van der Waals surface area contributed by atoms with E-state index in [1.54, 1.807) is 0 Å². The Labute approximate surface area is 99.8 Å². The summed E-state index contributed by atoms with van der Waals surface area (Å²) in [6.45, 7) is 11.5. The molecule has 88 valence electrons. The van der Waals surface area contributed by atoms with Crippen molar-refractivity contribution in [3.63, 3.8) is 0 Å². The van der Waals surface area contributed by atoms with Crippen LogP contribution in [0.15, 0.2) is 24.3 Å². The van der Waals surface area contributed by atoms with Gasteiger partial charge in [-0.25, -0.2) is 0 Å². The molecule has 0 saturated carbocycles. The molecular formula is C15H22O. The van der Waals surface area contributed by atoms with E-state index in [0.717, 1.165) is 6.42 Å². The minimum absolute atomic E-state index is 0.262. The molecule has 1 aromatic rings. The topological polar surface area (TPSA) is 9.23 Å². The number of rotatable bonds is 3. The normalized spacial score (nSPS) is 12.6. The summed E-state index contributed by atoms with van der Waals surface area (Å²) in [5.41, 5.74) is 1.87. The zero-order valence-corrected chi connectivity index (χ0v) is 11.0. The van der Waals surface area contributed by atoms with E-state index in [1.807, 2.05) is 12.1 Å². The minimum Gasteiger partial charge on any atom is -0.482 e. The Balaban J connectivity index is 2.80. The van der Waals surface area contributed by atoms with Gasteiger partial charge in [0.25, 0.3) is 0 Å². The fraction of sp³-hybridized carbons (Fsp3) is 0.533. The summed E-state index contributed by atoms with van der Waals surface area (Å²) < 4.78 is 4.67. The van der Waals surface area contributed by atoms with Crippen LogP contribution >= 0.6 is 0 Å². The van der Waals surface area contributed by atoms with Crippen molar-refractivity contribution >= 4 is 0 Å². The van der Waals surface area contributed by atoms with E-state index in [9.17, 15) is 0 Å². The quantitative estimate of drug-likeness (QED) is 0.733. The smallest absolute Gasteiger partial charge is 0.180 e. The Morgan fingerprint density at radius 3 is 1.88 bits per heavy atom. The zero-order valence-electron chi connectivity index (χ0n) is 11.0. The van der Waals surface area contributed by atoms with Crippen molar-refractivity contribution < 1.29 is 4.74 Å². The maximum atomic E-state index is 5.10.